The van der Waals surface area contributed by atoms with Crippen molar-refractivity contribution in [2.24, 2.45) is 0 Å². The lowest BCUT2D eigenvalue weighted by molar-refractivity contribution is 0.242. The molecule has 5 aromatic rings. The summed E-state index contributed by atoms with van der Waals surface area (Å²) in [5, 5.41) is 1.29. The lowest BCUT2D eigenvalue weighted by atomic mass is 10.0. The fraction of sp³-hybridized carbons (Fsp3) is 0.184. The molecule has 0 radical (unpaired) electrons. The maximum Gasteiger partial charge on any atom is 0.219 e. The lowest BCUT2D eigenvalue weighted by Crippen LogP contribution is -2.07. The van der Waals surface area contributed by atoms with E-state index in [0.29, 0.717) is 0 Å². The van der Waals surface area contributed by atoms with Gasteiger partial charge < -0.3 is 9.30 Å². The Kier molecular flexibility index (Phi) is 7.43. The largest absolute Gasteiger partial charge is 0.491 e. The van der Waals surface area contributed by atoms with E-state index in [-0.39, 0.29) is 6.10 Å². The molecule has 0 aliphatic carbocycles. The fourth-order valence-corrected chi connectivity index (χ4v) is 5.96. The Morgan fingerprint density at radius 2 is 1.51 bits per heavy atom. The molecule has 41 heavy (non-hydrogen) atoms. The first kappa shape index (κ1) is 26.6. The van der Waals surface area contributed by atoms with E-state index in [4.69, 9.17) is 4.74 Å². The van der Waals surface area contributed by atoms with Gasteiger partial charge in [-0.2, -0.15) is 4.58 Å². The van der Waals surface area contributed by atoms with Gasteiger partial charge in [0.25, 0.3) is 0 Å². The first-order chi connectivity index (χ1) is 20.0. The molecule has 0 atom stereocenters. The molecule has 0 fully saturated rings. The van der Waals surface area contributed by atoms with Crippen LogP contribution in [-0.2, 0) is 13.0 Å². The molecule has 0 unspecified atom stereocenters. The molecule has 0 amide bonds. The van der Waals surface area contributed by atoms with E-state index < -0.39 is 0 Å². The monoisotopic (exact) mass is 537 g/mol. The van der Waals surface area contributed by atoms with E-state index in [1.807, 2.05) is 0 Å². The van der Waals surface area contributed by atoms with Crippen molar-refractivity contribution < 1.29 is 4.74 Å². The lowest BCUT2D eigenvalue weighted by Gasteiger charge is -2.11. The average Bonchev–Trinajstić information content (AvgIpc) is 3.42. The van der Waals surface area contributed by atoms with Crippen molar-refractivity contribution in [3.63, 3.8) is 0 Å². The molecule has 3 heteroatoms. The van der Waals surface area contributed by atoms with Crippen LogP contribution in [0.4, 0.5) is 11.4 Å². The van der Waals surface area contributed by atoms with E-state index in [1.165, 1.54) is 55.9 Å². The summed E-state index contributed by atoms with van der Waals surface area (Å²) in [7, 11) is 0. The van der Waals surface area contributed by atoms with Crippen LogP contribution in [0.1, 0.15) is 43.2 Å². The number of aryl methyl sites for hydroxylation is 2. The maximum absolute atomic E-state index is 5.82. The Bertz CT molecular complexity index is 1780. The molecule has 1 aliphatic rings. The van der Waals surface area contributed by atoms with E-state index in [1.54, 1.807) is 0 Å². The second-order valence-corrected chi connectivity index (χ2v) is 10.9. The number of nitrogens with zero attached hydrogens (tertiary/aromatic N) is 2. The second kappa shape index (κ2) is 11.5. The van der Waals surface area contributed by atoms with Gasteiger partial charge in [-0.3, -0.25) is 0 Å². The number of fused-ring (bicyclic) bond motifs is 2. The minimum atomic E-state index is 0.185. The fourth-order valence-electron chi connectivity index (χ4n) is 5.96. The van der Waals surface area contributed by atoms with Gasteiger partial charge in [-0.25, -0.2) is 0 Å². The second-order valence-electron chi connectivity index (χ2n) is 10.9. The standard InChI is InChI=1S/C38H37N2O/c1-27(2)41-32-23-21-30(22-24-32)25-26-39-28(3)33(35-15-8-10-19-37(35)39)17-12-18-34-29(4)40(31-13-6-5-7-14-31)38-20-11-9-16-36(34)38/h5-24,27H,25-26H2,1-4H3/q+1. The van der Waals surface area contributed by atoms with Gasteiger partial charge in [-0.1, -0.05) is 72.8 Å². The predicted molar refractivity (Wildman–Crippen MR) is 175 cm³/mol. The molecule has 6 rings (SSSR count). The number of allylic oxidation sites excluding steroid dienone is 3. The average molecular weight is 538 g/mol. The molecule has 0 N–H and O–H groups in total. The van der Waals surface area contributed by atoms with Crippen LogP contribution < -0.4 is 9.31 Å². The van der Waals surface area contributed by atoms with Crippen LogP contribution in [-0.4, -0.2) is 16.4 Å². The molecule has 3 nitrogen and oxygen atoms in total. The van der Waals surface area contributed by atoms with Crippen LogP contribution in [0.25, 0.3) is 22.6 Å². The van der Waals surface area contributed by atoms with Gasteiger partial charge in [0.2, 0.25) is 11.4 Å². The topological polar surface area (TPSA) is 17.2 Å². The summed E-state index contributed by atoms with van der Waals surface area (Å²) < 4.78 is 10.6. The third-order valence-corrected chi connectivity index (χ3v) is 7.90. The minimum absolute atomic E-state index is 0.185. The van der Waals surface area contributed by atoms with Crippen LogP contribution in [0.3, 0.4) is 0 Å². The van der Waals surface area contributed by atoms with Gasteiger partial charge in [0.05, 0.1) is 17.2 Å². The predicted octanol–water partition coefficient (Wildman–Crippen LogP) is 9.39. The molecular formula is C38H37N2O+. The van der Waals surface area contributed by atoms with Crippen LogP contribution in [0.15, 0.2) is 115 Å². The highest BCUT2D eigenvalue weighted by Crippen LogP contribution is 2.37. The van der Waals surface area contributed by atoms with Gasteiger partial charge >= 0.3 is 0 Å². The van der Waals surface area contributed by atoms with E-state index in [9.17, 15) is 0 Å². The Morgan fingerprint density at radius 1 is 0.805 bits per heavy atom. The first-order valence-electron chi connectivity index (χ1n) is 14.5. The number of benzene rings is 4. The van der Waals surface area contributed by atoms with Crippen molar-refractivity contribution in [2.75, 3.05) is 0 Å². The molecule has 0 spiro atoms. The van der Waals surface area contributed by atoms with Crippen LogP contribution in [0, 0.1) is 6.92 Å². The Balaban J connectivity index is 1.30. The number of hydrogen-bond acceptors (Lipinski definition) is 1. The number of ether oxygens (including phenoxy) is 1. The molecule has 204 valence electrons. The van der Waals surface area contributed by atoms with Crippen molar-refractivity contribution >= 4 is 39.6 Å². The quantitative estimate of drug-likeness (QED) is 0.180. The van der Waals surface area contributed by atoms with E-state index in [2.05, 4.69) is 158 Å². The molecule has 0 saturated carbocycles. The Hall–Kier alpha value is -4.63. The molecule has 1 aromatic heterocycles. The van der Waals surface area contributed by atoms with Crippen LogP contribution in [0.5, 0.6) is 5.75 Å². The van der Waals surface area contributed by atoms with Crippen LogP contribution >= 0.6 is 0 Å². The highest BCUT2D eigenvalue weighted by Gasteiger charge is 2.32. The zero-order valence-corrected chi connectivity index (χ0v) is 24.3. The molecular weight excluding hydrogens is 500 g/mol. The zero-order chi connectivity index (χ0) is 28.3. The van der Waals surface area contributed by atoms with Crippen molar-refractivity contribution in [1.29, 1.82) is 0 Å². The Morgan fingerprint density at radius 3 is 2.29 bits per heavy atom. The number of para-hydroxylation sites is 3. The summed E-state index contributed by atoms with van der Waals surface area (Å²) in [5.74, 6) is 0.928. The van der Waals surface area contributed by atoms with Gasteiger partial charge in [-0.05, 0) is 63.1 Å². The first-order valence-corrected chi connectivity index (χ1v) is 14.5. The van der Waals surface area contributed by atoms with Crippen molar-refractivity contribution in [1.82, 2.24) is 9.14 Å². The third-order valence-electron chi connectivity index (χ3n) is 7.90. The van der Waals surface area contributed by atoms with Gasteiger partial charge in [0, 0.05) is 53.8 Å². The smallest absolute Gasteiger partial charge is 0.219 e. The van der Waals surface area contributed by atoms with Crippen molar-refractivity contribution in [2.45, 2.75) is 46.8 Å². The molecule has 1 aliphatic heterocycles. The van der Waals surface area contributed by atoms with E-state index in [0.717, 1.165) is 18.7 Å². The molecule has 2 heterocycles. The zero-order valence-electron chi connectivity index (χ0n) is 24.3. The van der Waals surface area contributed by atoms with Gasteiger partial charge in [-0.15, -0.1) is 0 Å². The summed E-state index contributed by atoms with van der Waals surface area (Å²) in [4.78, 5) is 0. The molecule has 4 aromatic carbocycles. The third kappa shape index (κ3) is 5.28. The van der Waals surface area contributed by atoms with E-state index >= 15 is 0 Å². The summed E-state index contributed by atoms with van der Waals surface area (Å²) in [6.07, 6.45) is 7.92. The summed E-state index contributed by atoms with van der Waals surface area (Å²) >= 11 is 0. The normalized spacial score (nSPS) is 14.1. The highest BCUT2D eigenvalue weighted by molar-refractivity contribution is 6.29. The van der Waals surface area contributed by atoms with Crippen molar-refractivity contribution in [3.05, 3.63) is 138 Å². The summed E-state index contributed by atoms with van der Waals surface area (Å²) in [6.45, 7) is 9.50. The van der Waals surface area contributed by atoms with Crippen LogP contribution in [0.2, 0.25) is 0 Å². The SMILES string of the molecule is CC1=[N+](c2ccccc2)c2ccccc2/C1=C/C=C/c1c(C)n(CCc2ccc(OC(C)C)cc2)c2ccccc12. The van der Waals surface area contributed by atoms with Crippen molar-refractivity contribution in [3.8, 4) is 5.75 Å². The maximum atomic E-state index is 5.82. The van der Waals surface area contributed by atoms with Gasteiger partial charge in [0.1, 0.15) is 5.75 Å². The van der Waals surface area contributed by atoms with Gasteiger partial charge in [0.15, 0.2) is 5.71 Å². The Labute approximate surface area is 243 Å². The molecule has 0 saturated heterocycles. The number of hydrogen-bond donors (Lipinski definition) is 0. The highest BCUT2D eigenvalue weighted by atomic mass is 16.5. The number of rotatable bonds is 8. The number of aromatic nitrogens is 1. The minimum Gasteiger partial charge on any atom is -0.491 e. The summed E-state index contributed by atoms with van der Waals surface area (Å²) in [5.41, 5.74) is 11.3. The summed E-state index contributed by atoms with van der Waals surface area (Å²) in [6, 6.07) is 36.6. The molecule has 0 bridgehead atoms.